The van der Waals surface area contributed by atoms with Crippen molar-refractivity contribution in [3.05, 3.63) is 19.1 Å². The zero-order chi connectivity index (χ0) is 6.41. The highest BCUT2D eigenvalue weighted by Crippen LogP contribution is 2.02. The quantitative estimate of drug-likeness (QED) is 0.525. The third-order valence-electron chi connectivity index (χ3n) is 1.08. The van der Waals surface area contributed by atoms with Crippen LogP contribution < -0.4 is 0 Å². The Hall–Kier alpha value is -0.260. The summed E-state index contributed by atoms with van der Waals surface area (Å²) in [6, 6.07) is 0. The van der Waals surface area contributed by atoms with Crippen LogP contribution in [0.1, 0.15) is 26.7 Å². The molecule has 0 amide bonds. The highest BCUT2D eigenvalue weighted by atomic mass is 13.9. The molecule has 0 aliphatic carbocycles. The van der Waals surface area contributed by atoms with E-state index in [1.807, 2.05) is 6.08 Å². The molecule has 0 N–H and O–H groups in total. The third-order valence-corrected chi connectivity index (χ3v) is 1.08. The number of hydrogen-bond donors (Lipinski definition) is 0. The highest BCUT2D eigenvalue weighted by Gasteiger charge is 1.87. The summed E-state index contributed by atoms with van der Waals surface area (Å²) in [5, 5.41) is 0. The summed E-state index contributed by atoms with van der Waals surface area (Å²) in [5.41, 5.74) is 0. The van der Waals surface area contributed by atoms with E-state index >= 15 is 0 Å². The van der Waals surface area contributed by atoms with Gasteiger partial charge in [-0.15, -0.1) is 0 Å². The Kier molecular flexibility index (Phi) is 4.73. The summed E-state index contributed by atoms with van der Waals surface area (Å²) in [4.78, 5) is 0. The maximum absolute atomic E-state index is 3.60. The fourth-order valence-corrected chi connectivity index (χ4v) is 0.547. The van der Waals surface area contributed by atoms with Crippen LogP contribution >= 0.6 is 0 Å². The van der Waals surface area contributed by atoms with Gasteiger partial charge in [0, 0.05) is 0 Å². The average Bonchev–Trinajstić information content (AvgIpc) is 1.66. The first-order chi connectivity index (χ1) is 3.77. The number of allylic oxidation sites excluding steroid dienone is 2. The van der Waals surface area contributed by atoms with E-state index in [1.54, 1.807) is 0 Å². The minimum absolute atomic E-state index is 0.825. The van der Waals surface area contributed by atoms with Crippen molar-refractivity contribution >= 4 is 0 Å². The molecule has 0 heterocycles. The van der Waals surface area contributed by atoms with E-state index in [4.69, 9.17) is 0 Å². The van der Waals surface area contributed by atoms with Crippen molar-refractivity contribution in [3.8, 4) is 0 Å². The largest absolute Gasteiger partial charge is 0.0885 e. The van der Waals surface area contributed by atoms with Gasteiger partial charge in [-0.1, -0.05) is 26.0 Å². The van der Waals surface area contributed by atoms with Gasteiger partial charge in [-0.3, -0.25) is 0 Å². The van der Waals surface area contributed by atoms with Crippen molar-refractivity contribution in [1.82, 2.24) is 0 Å². The number of hydrogen-bond acceptors (Lipinski definition) is 0. The molecule has 1 radical (unpaired) electrons. The van der Waals surface area contributed by atoms with Crippen LogP contribution in [0.15, 0.2) is 12.2 Å². The van der Waals surface area contributed by atoms with Gasteiger partial charge < -0.3 is 0 Å². The van der Waals surface area contributed by atoms with Gasteiger partial charge in [-0.25, -0.2) is 0 Å². The van der Waals surface area contributed by atoms with E-state index in [0.717, 1.165) is 5.92 Å². The van der Waals surface area contributed by atoms with Crippen LogP contribution in [0.25, 0.3) is 0 Å². The predicted molar refractivity (Wildman–Crippen MR) is 38.6 cm³/mol. The lowest BCUT2D eigenvalue weighted by molar-refractivity contribution is 0.594. The highest BCUT2D eigenvalue weighted by molar-refractivity contribution is 4.83. The van der Waals surface area contributed by atoms with Crippen LogP contribution in [0, 0.1) is 12.8 Å². The smallest absolute Gasteiger partial charge is 0.0316 e. The van der Waals surface area contributed by atoms with Gasteiger partial charge in [0.25, 0.3) is 0 Å². The predicted octanol–water partition coefficient (Wildman–Crippen LogP) is 2.81. The second-order valence-corrected chi connectivity index (χ2v) is 2.44. The lowest BCUT2D eigenvalue weighted by Gasteiger charge is -1.97. The first kappa shape index (κ1) is 7.74. The van der Waals surface area contributed by atoms with E-state index in [1.165, 1.54) is 12.8 Å². The molecule has 0 aromatic rings. The van der Waals surface area contributed by atoms with Crippen molar-refractivity contribution in [1.29, 1.82) is 0 Å². The topological polar surface area (TPSA) is 0 Å². The fraction of sp³-hybridized carbons (Fsp3) is 0.625. The second-order valence-electron chi connectivity index (χ2n) is 2.44. The van der Waals surface area contributed by atoms with Crippen molar-refractivity contribution in [2.75, 3.05) is 0 Å². The summed E-state index contributed by atoms with van der Waals surface area (Å²) in [6.07, 6.45) is 6.44. The summed E-state index contributed by atoms with van der Waals surface area (Å²) < 4.78 is 0. The molecule has 0 saturated carbocycles. The zero-order valence-corrected chi connectivity index (χ0v) is 5.85. The molecule has 0 nitrogen and oxygen atoms in total. The Labute approximate surface area is 52.6 Å². The van der Waals surface area contributed by atoms with Gasteiger partial charge in [0.05, 0.1) is 0 Å². The average molecular weight is 111 g/mol. The molecule has 0 spiro atoms. The maximum atomic E-state index is 3.60. The minimum atomic E-state index is 0.825. The zero-order valence-electron chi connectivity index (χ0n) is 5.85. The fourth-order valence-electron chi connectivity index (χ4n) is 0.547. The Balaban J connectivity index is 2.93. The van der Waals surface area contributed by atoms with Crippen molar-refractivity contribution < 1.29 is 0 Å². The van der Waals surface area contributed by atoms with E-state index in [2.05, 4.69) is 26.8 Å². The number of rotatable bonds is 3. The molecule has 0 aliphatic rings. The maximum Gasteiger partial charge on any atom is -0.0316 e. The standard InChI is InChI=1S/C8H15/c1-4-5-6-7-8(2)3/h4-5,8H,1,6-7H2,2-3H3. The minimum Gasteiger partial charge on any atom is -0.0885 e. The Morgan fingerprint density at radius 2 is 2.12 bits per heavy atom. The summed E-state index contributed by atoms with van der Waals surface area (Å²) in [6.45, 7) is 8.07. The van der Waals surface area contributed by atoms with Gasteiger partial charge in [0.1, 0.15) is 0 Å². The Bertz CT molecular complexity index is 60.4. The van der Waals surface area contributed by atoms with E-state index < -0.39 is 0 Å². The Morgan fingerprint density at radius 3 is 2.50 bits per heavy atom. The SMILES string of the molecule is [CH2]C=CCCC(C)C. The molecule has 0 heteroatoms. The summed E-state index contributed by atoms with van der Waals surface area (Å²) in [7, 11) is 0. The first-order valence-corrected chi connectivity index (χ1v) is 3.21. The molecule has 0 unspecified atom stereocenters. The van der Waals surface area contributed by atoms with Gasteiger partial charge >= 0.3 is 0 Å². The molecule has 47 valence electrons. The Morgan fingerprint density at radius 1 is 1.50 bits per heavy atom. The van der Waals surface area contributed by atoms with Gasteiger partial charge in [-0.05, 0) is 25.7 Å². The van der Waals surface area contributed by atoms with Crippen molar-refractivity contribution in [3.63, 3.8) is 0 Å². The molecule has 0 fully saturated rings. The van der Waals surface area contributed by atoms with Gasteiger partial charge in [0.15, 0.2) is 0 Å². The van der Waals surface area contributed by atoms with Crippen LogP contribution in [0.3, 0.4) is 0 Å². The molecule has 0 aromatic heterocycles. The van der Waals surface area contributed by atoms with Crippen LogP contribution in [0.5, 0.6) is 0 Å². The van der Waals surface area contributed by atoms with Crippen LogP contribution in [0.2, 0.25) is 0 Å². The lowest BCUT2D eigenvalue weighted by Crippen LogP contribution is -1.82. The third kappa shape index (κ3) is 5.74. The first-order valence-electron chi connectivity index (χ1n) is 3.21. The summed E-state index contributed by atoms with van der Waals surface area (Å²) >= 11 is 0. The van der Waals surface area contributed by atoms with E-state index in [-0.39, 0.29) is 0 Å². The normalized spacial score (nSPS) is 11.5. The van der Waals surface area contributed by atoms with Crippen LogP contribution in [0.4, 0.5) is 0 Å². The van der Waals surface area contributed by atoms with Crippen molar-refractivity contribution in [2.45, 2.75) is 26.7 Å². The van der Waals surface area contributed by atoms with Crippen LogP contribution in [-0.4, -0.2) is 0 Å². The van der Waals surface area contributed by atoms with Gasteiger partial charge in [0.2, 0.25) is 0 Å². The summed E-state index contributed by atoms with van der Waals surface area (Å²) in [5.74, 6) is 0.825. The monoisotopic (exact) mass is 111 g/mol. The van der Waals surface area contributed by atoms with Crippen LogP contribution in [-0.2, 0) is 0 Å². The molecule has 0 saturated heterocycles. The molecule has 0 aliphatic heterocycles. The molecule has 0 aromatic carbocycles. The van der Waals surface area contributed by atoms with Gasteiger partial charge in [-0.2, -0.15) is 0 Å². The molecule has 0 bridgehead atoms. The molecule has 8 heavy (non-hydrogen) atoms. The lowest BCUT2D eigenvalue weighted by atomic mass is 10.1. The molecular weight excluding hydrogens is 96.1 g/mol. The molecule has 0 rings (SSSR count). The molecular formula is C8H15. The molecule has 0 atom stereocenters. The second kappa shape index (κ2) is 4.89. The van der Waals surface area contributed by atoms with Crippen molar-refractivity contribution in [2.24, 2.45) is 5.92 Å². The van der Waals surface area contributed by atoms with E-state index in [0.29, 0.717) is 0 Å². The van der Waals surface area contributed by atoms with E-state index in [9.17, 15) is 0 Å².